The fourth-order valence-corrected chi connectivity index (χ4v) is 2.47. The zero-order valence-electron chi connectivity index (χ0n) is 13.5. The highest BCUT2D eigenvalue weighted by Gasteiger charge is 2.15. The van der Waals surface area contributed by atoms with Gasteiger partial charge in [-0.3, -0.25) is 14.9 Å². The second-order valence-corrected chi connectivity index (χ2v) is 5.38. The van der Waals surface area contributed by atoms with Crippen molar-refractivity contribution >= 4 is 17.3 Å². The molecular weight excluding hydrogens is 328 g/mol. The molecule has 8 heteroatoms. The van der Waals surface area contributed by atoms with Crippen LogP contribution in [0.2, 0.25) is 0 Å². The molecule has 0 saturated carbocycles. The number of nitrogens with zero attached hydrogens (tertiary/aromatic N) is 1. The summed E-state index contributed by atoms with van der Waals surface area (Å²) in [6.07, 6.45) is 0.713. The molecule has 1 N–H and O–H groups in total. The summed E-state index contributed by atoms with van der Waals surface area (Å²) < 4.78 is 15.7. The van der Waals surface area contributed by atoms with Gasteiger partial charge in [0, 0.05) is 18.6 Å². The third-order valence-corrected chi connectivity index (χ3v) is 3.75. The van der Waals surface area contributed by atoms with Crippen LogP contribution >= 0.6 is 0 Å². The standard InChI is InChI=1S/C17H16N2O6/c1-23-14-6-4-12(19(21)22)9-13(14)18-17(20)7-3-11-2-5-15-16(8-11)25-10-24-15/h2,4-6,8-9H,3,7,10H2,1H3,(H,18,20). The van der Waals surface area contributed by atoms with E-state index in [2.05, 4.69) is 5.32 Å². The van der Waals surface area contributed by atoms with Gasteiger partial charge in [-0.25, -0.2) is 0 Å². The number of aryl methyl sites for hydroxylation is 1. The van der Waals surface area contributed by atoms with Crippen LogP contribution in [0.15, 0.2) is 36.4 Å². The van der Waals surface area contributed by atoms with Crippen molar-refractivity contribution in [1.82, 2.24) is 0 Å². The maximum atomic E-state index is 12.2. The number of rotatable bonds is 6. The van der Waals surface area contributed by atoms with Gasteiger partial charge in [0.05, 0.1) is 17.7 Å². The summed E-state index contributed by atoms with van der Waals surface area (Å²) in [4.78, 5) is 22.5. The Morgan fingerprint density at radius 3 is 2.80 bits per heavy atom. The number of amides is 1. The van der Waals surface area contributed by atoms with Crippen LogP contribution in [0.5, 0.6) is 17.2 Å². The average molecular weight is 344 g/mol. The summed E-state index contributed by atoms with van der Waals surface area (Å²) in [7, 11) is 1.43. The van der Waals surface area contributed by atoms with E-state index in [9.17, 15) is 14.9 Å². The third-order valence-electron chi connectivity index (χ3n) is 3.75. The number of nitrogens with one attached hydrogen (secondary N) is 1. The minimum absolute atomic E-state index is 0.119. The molecule has 0 fully saturated rings. The molecule has 0 saturated heterocycles. The molecule has 0 unspecified atom stereocenters. The Hall–Kier alpha value is -3.29. The molecular formula is C17H16N2O6. The van der Waals surface area contributed by atoms with Crippen LogP contribution in [0, 0.1) is 10.1 Å². The van der Waals surface area contributed by atoms with Crippen molar-refractivity contribution in [2.75, 3.05) is 19.2 Å². The number of anilines is 1. The SMILES string of the molecule is COc1ccc([N+](=O)[O-])cc1NC(=O)CCc1ccc2c(c1)OCO2. The van der Waals surface area contributed by atoms with Crippen LogP contribution in [-0.4, -0.2) is 24.7 Å². The van der Waals surface area contributed by atoms with E-state index >= 15 is 0 Å². The number of carbonyl (C=O) groups is 1. The summed E-state index contributed by atoms with van der Waals surface area (Å²) in [5.74, 6) is 1.45. The Morgan fingerprint density at radius 2 is 2.04 bits per heavy atom. The fourth-order valence-electron chi connectivity index (χ4n) is 2.47. The summed E-state index contributed by atoms with van der Waals surface area (Å²) in [6.45, 7) is 0.200. The summed E-state index contributed by atoms with van der Waals surface area (Å²) >= 11 is 0. The highest BCUT2D eigenvalue weighted by molar-refractivity contribution is 5.92. The lowest BCUT2D eigenvalue weighted by Gasteiger charge is -2.10. The normalized spacial score (nSPS) is 11.9. The van der Waals surface area contributed by atoms with Crippen molar-refractivity contribution in [3.05, 3.63) is 52.1 Å². The first-order valence-corrected chi connectivity index (χ1v) is 7.57. The van der Waals surface area contributed by atoms with Gasteiger partial charge in [0.1, 0.15) is 5.75 Å². The van der Waals surface area contributed by atoms with Crippen molar-refractivity contribution in [3.8, 4) is 17.2 Å². The van der Waals surface area contributed by atoms with Gasteiger partial charge in [-0.15, -0.1) is 0 Å². The Balaban J connectivity index is 1.64. The molecule has 0 aromatic heterocycles. The monoisotopic (exact) mass is 344 g/mol. The first-order valence-electron chi connectivity index (χ1n) is 7.57. The number of nitro benzene ring substituents is 1. The van der Waals surface area contributed by atoms with Crippen LogP contribution in [0.1, 0.15) is 12.0 Å². The molecule has 1 amide bonds. The van der Waals surface area contributed by atoms with Gasteiger partial charge in [-0.2, -0.15) is 0 Å². The van der Waals surface area contributed by atoms with Gasteiger partial charge in [-0.05, 0) is 30.2 Å². The van der Waals surface area contributed by atoms with Crippen molar-refractivity contribution in [2.45, 2.75) is 12.8 Å². The highest BCUT2D eigenvalue weighted by atomic mass is 16.7. The van der Waals surface area contributed by atoms with E-state index in [1.165, 1.54) is 25.3 Å². The molecule has 8 nitrogen and oxygen atoms in total. The summed E-state index contributed by atoms with van der Waals surface area (Å²) in [5.41, 5.74) is 1.09. The van der Waals surface area contributed by atoms with Gasteiger partial charge in [0.25, 0.3) is 5.69 Å². The van der Waals surface area contributed by atoms with Gasteiger partial charge < -0.3 is 19.5 Å². The topological polar surface area (TPSA) is 99.9 Å². The van der Waals surface area contributed by atoms with E-state index in [1.807, 2.05) is 12.1 Å². The Labute approximate surface area is 143 Å². The molecule has 1 heterocycles. The molecule has 1 aliphatic heterocycles. The van der Waals surface area contributed by atoms with Crippen LogP contribution < -0.4 is 19.5 Å². The first-order chi connectivity index (χ1) is 12.1. The minimum Gasteiger partial charge on any atom is -0.495 e. The molecule has 3 rings (SSSR count). The largest absolute Gasteiger partial charge is 0.495 e. The van der Waals surface area contributed by atoms with E-state index in [4.69, 9.17) is 14.2 Å². The Bertz CT molecular complexity index is 821. The van der Waals surface area contributed by atoms with E-state index < -0.39 is 4.92 Å². The minimum atomic E-state index is -0.526. The maximum Gasteiger partial charge on any atom is 0.271 e. The number of hydrogen-bond donors (Lipinski definition) is 1. The summed E-state index contributed by atoms with van der Waals surface area (Å²) in [5, 5.41) is 13.5. The fraction of sp³-hybridized carbons (Fsp3) is 0.235. The zero-order chi connectivity index (χ0) is 17.8. The lowest BCUT2D eigenvalue weighted by atomic mass is 10.1. The molecule has 25 heavy (non-hydrogen) atoms. The van der Waals surface area contributed by atoms with Crippen LogP contribution in [-0.2, 0) is 11.2 Å². The number of nitro groups is 1. The van der Waals surface area contributed by atoms with Gasteiger partial charge in [-0.1, -0.05) is 6.07 Å². The number of benzene rings is 2. The molecule has 0 radical (unpaired) electrons. The number of carbonyl (C=O) groups excluding carboxylic acids is 1. The van der Waals surface area contributed by atoms with Gasteiger partial charge >= 0.3 is 0 Å². The van der Waals surface area contributed by atoms with E-state index in [-0.39, 0.29) is 30.5 Å². The van der Waals surface area contributed by atoms with E-state index in [0.29, 0.717) is 23.7 Å². The number of methoxy groups -OCH3 is 1. The third kappa shape index (κ3) is 3.79. The average Bonchev–Trinajstić information content (AvgIpc) is 3.07. The zero-order valence-corrected chi connectivity index (χ0v) is 13.5. The summed E-state index contributed by atoms with van der Waals surface area (Å²) in [6, 6.07) is 9.56. The molecule has 2 aromatic carbocycles. The molecule has 1 aliphatic rings. The van der Waals surface area contributed by atoms with Crippen molar-refractivity contribution in [3.63, 3.8) is 0 Å². The quantitative estimate of drug-likeness (QED) is 0.639. The lowest BCUT2D eigenvalue weighted by Crippen LogP contribution is -2.13. The number of hydrogen-bond acceptors (Lipinski definition) is 6. The molecule has 130 valence electrons. The number of ether oxygens (including phenoxy) is 3. The Morgan fingerprint density at radius 1 is 1.24 bits per heavy atom. The smallest absolute Gasteiger partial charge is 0.271 e. The van der Waals surface area contributed by atoms with Crippen LogP contribution in [0.25, 0.3) is 0 Å². The van der Waals surface area contributed by atoms with Gasteiger partial charge in [0.2, 0.25) is 12.7 Å². The Kier molecular flexibility index (Phi) is 4.69. The predicted molar refractivity (Wildman–Crippen MR) is 89.2 cm³/mol. The lowest BCUT2D eigenvalue weighted by molar-refractivity contribution is -0.384. The maximum absolute atomic E-state index is 12.2. The van der Waals surface area contributed by atoms with Crippen LogP contribution in [0.4, 0.5) is 11.4 Å². The second kappa shape index (κ2) is 7.08. The number of non-ortho nitro benzene ring substituents is 1. The van der Waals surface area contributed by atoms with E-state index in [0.717, 1.165) is 5.56 Å². The van der Waals surface area contributed by atoms with E-state index in [1.54, 1.807) is 6.07 Å². The molecule has 2 aromatic rings. The number of fused-ring (bicyclic) bond motifs is 1. The second-order valence-electron chi connectivity index (χ2n) is 5.38. The molecule has 0 atom stereocenters. The van der Waals surface area contributed by atoms with Crippen molar-refractivity contribution < 1.29 is 23.9 Å². The molecule has 0 spiro atoms. The van der Waals surface area contributed by atoms with Crippen LogP contribution in [0.3, 0.4) is 0 Å². The molecule has 0 bridgehead atoms. The predicted octanol–water partition coefficient (Wildman–Crippen LogP) is 2.90. The van der Waals surface area contributed by atoms with Crippen molar-refractivity contribution in [2.24, 2.45) is 0 Å². The van der Waals surface area contributed by atoms with Crippen molar-refractivity contribution in [1.29, 1.82) is 0 Å². The molecule has 0 aliphatic carbocycles. The first kappa shape index (κ1) is 16.6. The van der Waals surface area contributed by atoms with Gasteiger partial charge in [0.15, 0.2) is 11.5 Å². The highest BCUT2D eigenvalue weighted by Crippen LogP contribution is 2.33.